The molecule has 0 saturated carbocycles. The first-order chi connectivity index (χ1) is 9.65. The highest BCUT2D eigenvalue weighted by Crippen LogP contribution is 2.21. The van der Waals surface area contributed by atoms with Gasteiger partial charge >= 0.3 is 5.97 Å². The molecule has 0 aliphatic carbocycles. The number of carboxylic acids is 1. The van der Waals surface area contributed by atoms with Crippen molar-refractivity contribution < 1.29 is 9.90 Å². The molecule has 2 rings (SSSR count). The van der Waals surface area contributed by atoms with E-state index in [4.69, 9.17) is 16.7 Å². The monoisotopic (exact) mass is 286 g/mol. The lowest BCUT2D eigenvalue weighted by molar-refractivity contribution is -0.131. The maximum absolute atomic E-state index is 11.0. The second kappa shape index (κ2) is 6.92. The van der Waals surface area contributed by atoms with Gasteiger partial charge in [0.05, 0.1) is 0 Å². The van der Waals surface area contributed by atoms with Gasteiger partial charge in [-0.2, -0.15) is 0 Å². The van der Waals surface area contributed by atoms with Crippen molar-refractivity contribution in [3.8, 4) is 0 Å². The Morgan fingerprint density at radius 3 is 2.50 bits per heavy atom. The van der Waals surface area contributed by atoms with E-state index >= 15 is 0 Å². The summed E-state index contributed by atoms with van der Waals surface area (Å²) in [6, 6.07) is 17.2. The van der Waals surface area contributed by atoms with Crippen molar-refractivity contribution in [3.05, 3.63) is 76.8 Å². The Hall–Kier alpha value is -2.06. The normalized spacial score (nSPS) is 11.3. The van der Waals surface area contributed by atoms with E-state index in [1.54, 1.807) is 0 Å². The molecular formula is C17H15ClO2. The molecule has 2 aromatic carbocycles. The van der Waals surface area contributed by atoms with Crippen LogP contribution in [-0.2, 0) is 11.2 Å². The Balaban J connectivity index is 2.16. The lowest BCUT2D eigenvalue weighted by atomic mass is 9.98. The fourth-order valence-electron chi connectivity index (χ4n) is 2.07. The topological polar surface area (TPSA) is 37.3 Å². The zero-order valence-electron chi connectivity index (χ0n) is 10.9. The van der Waals surface area contributed by atoms with Crippen LogP contribution in [0.15, 0.2) is 60.7 Å². The number of aryl methyl sites for hydroxylation is 1. The first kappa shape index (κ1) is 14.4. The minimum absolute atomic E-state index is 0.663. The fraction of sp³-hybridized carbons (Fsp3) is 0.118. The van der Waals surface area contributed by atoms with Gasteiger partial charge in [-0.1, -0.05) is 54.1 Å². The highest BCUT2D eigenvalue weighted by Gasteiger charge is 2.05. The third-order valence-corrected chi connectivity index (χ3v) is 3.25. The highest BCUT2D eigenvalue weighted by molar-refractivity contribution is 6.30. The van der Waals surface area contributed by atoms with Crippen molar-refractivity contribution >= 4 is 23.1 Å². The standard InChI is InChI=1S/C17H15ClO2/c18-16-8-4-5-13(11-16)9-10-15(12-17(19)20)14-6-2-1-3-7-14/h1-8,11-12H,9-10H2,(H,19,20)/b15-12-. The first-order valence-electron chi connectivity index (χ1n) is 6.38. The molecule has 0 aliphatic rings. The third-order valence-electron chi connectivity index (χ3n) is 3.01. The lowest BCUT2D eigenvalue weighted by Crippen LogP contribution is -1.95. The molecule has 0 aromatic heterocycles. The van der Waals surface area contributed by atoms with Crippen LogP contribution >= 0.6 is 11.6 Å². The van der Waals surface area contributed by atoms with Gasteiger partial charge in [-0.25, -0.2) is 4.79 Å². The van der Waals surface area contributed by atoms with E-state index in [2.05, 4.69) is 0 Å². The molecule has 3 heteroatoms. The van der Waals surface area contributed by atoms with Gasteiger partial charge in [0.15, 0.2) is 0 Å². The highest BCUT2D eigenvalue weighted by atomic mass is 35.5. The van der Waals surface area contributed by atoms with Gasteiger partial charge in [-0.3, -0.25) is 0 Å². The van der Waals surface area contributed by atoms with Gasteiger partial charge in [-0.05, 0) is 41.7 Å². The van der Waals surface area contributed by atoms with Crippen molar-refractivity contribution in [1.29, 1.82) is 0 Å². The summed E-state index contributed by atoms with van der Waals surface area (Å²) in [6.45, 7) is 0. The van der Waals surface area contributed by atoms with Crippen LogP contribution in [-0.4, -0.2) is 11.1 Å². The Morgan fingerprint density at radius 1 is 1.10 bits per heavy atom. The summed E-state index contributed by atoms with van der Waals surface area (Å²) in [6.07, 6.45) is 2.70. The molecule has 0 radical (unpaired) electrons. The van der Waals surface area contributed by atoms with Crippen LogP contribution in [0.2, 0.25) is 5.02 Å². The molecule has 0 amide bonds. The van der Waals surface area contributed by atoms with E-state index in [0.29, 0.717) is 11.4 Å². The van der Waals surface area contributed by atoms with Gasteiger partial charge in [0.2, 0.25) is 0 Å². The molecule has 0 saturated heterocycles. The zero-order valence-corrected chi connectivity index (χ0v) is 11.7. The summed E-state index contributed by atoms with van der Waals surface area (Å²) >= 11 is 5.95. The number of allylic oxidation sites excluding steroid dienone is 1. The van der Waals surface area contributed by atoms with E-state index in [1.165, 1.54) is 6.08 Å². The van der Waals surface area contributed by atoms with E-state index in [1.807, 2.05) is 54.6 Å². The second-order valence-electron chi connectivity index (χ2n) is 4.50. The summed E-state index contributed by atoms with van der Waals surface area (Å²) in [5, 5.41) is 9.69. The smallest absolute Gasteiger partial charge is 0.328 e. The van der Waals surface area contributed by atoms with Gasteiger partial charge in [0.1, 0.15) is 0 Å². The molecule has 102 valence electrons. The van der Waals surface area contributed by atoms with Crippen LogP contribution in [0.3, 0.4) is 0 Å². The summed E-state index contributed by atoms with van der Waals surface area (Å²) in [5.41, 5.74) is 2.86. The number of carboxylic acid groups (broad SMARTS) is 1. The van der Waals surface area contributed by atoms with Crippen LogP contribution < -0.4 is 0 Å². The molecule has 0 spiro atoms. The number of halogens is 1. The molecule has 1 N–H and O–H groups in total. The molecule has 2 aromatic rings. The molecule has 0 unspecified atom stereocenters. The Labute approximate surface area is 123 Å². The van der Waals surface area contributed by atoms with E-state index < -0.39 is 5.97 Å². The fourth-order valence-corrected chi connectivity index (χ4v) is 2.29. The average Bonchev–Trinajstić information content (AvgIpc) is 2.44. The predicted octanol–water partition coefficient (Wildman–Crippen LogP) is 4.44. The number of hydrogen-bond donors (Lipinski definition) is 1. The van der Waals surface area contributed by atoms with Crippen molar-refractivity contribution in [3.63, 3.8) is 0 Å². The van der Waals surface area contributed by atoms with Gasteiger partial charge in [-0.15, -0.1) is 0 Å². The molecule has 20 heavy (non-hydrogen) atoms. The summed E-state index contributed by atoms with van der Waals surface area (Å²) < 4.78 is 0. The molecular weight excluding hydrogens is 272 g/mol. The number of benzene rings is 2. The van der Waals surface area contributed by atoms with Gasteiger partial charge in [0, 0.05) is 11.1 Å². The minimum Gasteiger partial charge on any atom is -0.478 e. The van der Waals surface area contributed by atoms with Crippen LogP contribution in [0.4, 0.5) is 0 Å². The quantitative estimate of drug-likeness (QED) is 0.825. The van der Waals surface area contributed by atoms with E-state index in [9.17, 15) is 4.79 Å². The summed E-state index contributed by atoms with van der Waals surface area (Å²) in [4.78, 5) is 11.0. The van der Waals surface area contributed by atoms with Crippen LogP contribution in [0, 0.1) is 0 Å². The first-order valence-corrected chi connectivity index (χ1v) is 6.76. The van der Waals surface area contributed by atoms with Crippen molar-refractivity contribution in [1.82, 2.24) is 0 Å². The van der Waals surface area contributed by atoms with Crippen molar-refractivity contribution in [2.24, 2.45) is 0 Å². The number of carbonyl (C=O) groups is 1. The van der Waals surface area contributed by atoms with E-state index in [-0.39, 0.29) is 0 Å². The minimum atomic E-state index is -0.921. The molecule has 0 fully saturated rings. The number of hydrogen-bond acceptors (Lipinski definition) is 1. The largest absolute Gasteiger partial charge is 0.478 e. The van der Waals surface area contributed by atoms with E-state index in [0.717, 1.165) is 23.1 Å². The molecule has 0 aliphatic heterocycles. The molecule has 0 bridgehead atoms. The predicted molar refractivity (Wildman–Crippen MR) is 81.8 cm³/mol. The number of aliphatic carboxylic acids is 1. The van der Waals surface area contributed by atoms with Crippen molar-refractivity contribution in [2.75, 3.05) is 0 Å². The Morgan fingerprint density at radius 2 is 1.85 bits per heavy atom. The zero-order chi connectivity index (χ0) is 14.4. The maximum atomic E-state index is 11.0. The summed E-state index contributed by atoms with van der Waals surface area (Å²) in [5.74, 6) is -0.921. The van der Waals surface area contributed by atoms with Gasteiger partial charge in [0.25, 0.3) is 0 Å². The third kappa shape index (κ3) is 4.25. The molecule has 2 nitrogen and oxygen atoms in total. The van der Waals surface area contributed by atoms with Crippen LogP contribution in [0.1, 0.15) is 17.5 Å². The Kier molecular flexibility index (Phi) is 4.97. The lowest BCUT2D eigenvalue weighted by Gasteiger charge is -2.07. The molecule has 0 heterocycles. The van der Waals surface area contributed by atoms with Gasteiger partial charge < -0.3 is 5.11 Å². The maximum Gasteiger partial charge on any atom is 0.328 e. The average molecular weight is 287 g/mol. The van der Waals surface area contributed by atoms with Crippen molar-refractivity contribution in [2.45, 2.75) is 12.8 Å². The summed E-state index contributed by atoms with van der Waals surface area (Å²) in [7, 11) is 0. The second-order valence-corrected chi connectivity index (χ2v) is 4.94. The number of rotatable bonds is 5. The van der Waals surface area contributed by atoms with Crippen LogP contribution in [0.5, 0.6) is 0 Å². The molecule has 0 atom stereocenters. The Bertz CT molecular complexity index is 618. The van der Waals surface area contributed by atoms with Crippen LogP contribution in [0.25, 0.3) is 5.57 Å². The SMILES string of the molecule is O=C(O)/C=C(/CCc1cccc(Cl)c1)c1ccccc1.